The van der Waals surface area contributed by atoms with Gasteiger partial charge in [0.1, 0.15) is 18.0 Å². The van der Waals surface area contributed by atoms with Crippen molar-refractivity contribution in [1.82, 2.24) is 0 Å². The second kappa shape index (κ2) is 6.74. The maximum absolute atomic E-state index is 13.6. The Balaban J connectivity index is 2.90. The van der Waals surface area contributed by atoms with Crippen molar-refractivity contribution >= 4 is 11.7 Å². The van der Waals surface area contributed by atoms with Crippen LogP contribution in [0.4, 0.5) is 14.5 Å². The van der Waals surface area contributed by atoms with E-state index < -0.39 is 33.8 Å². The molecule has 0 radical (unpaired) electrons. The molecule has 1 rings (SSSR count). The van der Waals surface area contributed by atoms with Crippen molar-refractivity contribution in [2.24, 2.45) is 0 Å². The lowest BCUT2D eigenvalue weighted by atomic mass is 10.1. The molecule has 0 saturated carbocycles. The molecule has 0 heterocycles. The Morgan fingerprint density at radius 1 is 1.37 bits per heavy atom. The van der Waals surface area contributed by atoms with E-state index in [0.29, 0.717) is 18.7 Å². The average molecular weight is 275 g/mol. The highest BCUT2D eigenvalue weighted by molar-refractivity contribution is 5.90. The van der Waals surface area contributed by atoms with Crippen molar-refractivity contribution in [2.75, 3.05) is 19.8 Å². The molecule has 0 amide bonds. The molecule has 0 atom stereocenters. The number of carbonyl (C=O) groups excluding carboxylic acids is 1. The molecule has 104 valence electrons. The topological polar surface area (TPSA) is 78.7 Å². The van der Waals surface area contributed by atoms with Crippen LogP contribution in [0.15, 0.2) is 12.1 Å². The number of nitro benzene ring substituents is 1. The van der Waals surface area contributed by atoms with Gasteiger partial charge in [-0.25, -0.2) is 9.18 Å². The number of nitro groups is 1. The number of halogens is 2. The molecule has 6 nitrogen and oxygen atoms in total. The Morgan fingerprint density at radius 2 is 2.05 bits per heavy atom. The Kier molecular flexibility index (Phi) is 5.31. The number of ether oxygens (including phenoxy) is 2. The lowest BCUT2D eigenvalue weighted by Gasteiger charge is -2.06. The molecular weight excluding hydrogens is 264 g/mol. The minimum atomic E-state index is -1.55. The van der Waals surface area contributed by atoms with Crippen LogP contribution in [-0.2, 0) is 9.47 Å². The average Bonchev–Trinajstić information content (AvgIpc) is 2.34. The van der Waals surface area contributed by atoms with Gasteiger partial charge < -0.3 is 9.47 Å². The van der Waals surface area contributed by atoms with Gasteiger partial charge >= 0.3 is 11.7 Å². The Morgan fingerprint density at radius 3 is 2.63 bits per heavy atom. The minimum Gasteiger partial charge on any atom is -0.459 e. The van der Waals surface area contributed by atoms with Crippen LogP contribution >= 0.6 is 0 Å². The van der Waals surface area contributed by atoms with Gasteiger partial charge in [0.2, 0.25) is 5.82 Å². The number of esters is 1. The van der Waals surface area contributed by atoms with Crippen molar-refractivity contribution in [3.63, 3.8) is 0 Å². The van der Waals surface area contributed by atoms with Crippen molar-refractivity contribution in [3.05, 3.63) is 39.4 Å². The third-order valence-electron chi connectivity index (χ3n) is 2.14. The van der Waals surface area contributed by atoms with Gasteiger partial charge in [-0.3, -0.25) is 10.1 Å². The monoisotopic (exact) mass is 275 g/mol. The van der Waals surface area contributed by atoms with E-state index in [1.165, 1.54) is 0 Å². The SMILES string of the molecule is CCOCCOC(=O)c1c(F)ccc([N+](=O)[O-])c1F. The van der Waals surface area contributed by atoms with Gasteiger partial charge in [0, 0.05) is 12.7 Å². The first-order valence-corrected chi connectivity index (χ1v) is 5.36. The summed E-state index contributed by atoms with van der Waals surface area (Å²) in [6, 6.07) is 1.28. The zero-order valence-electron chi connectivity index (χ0n) is 10.0. The van der Waals surface area contributed by atoms with Gasteiger partial charge in [-0.1, -0.05) is 0 Å². The highest BCUT2D eigenvalue weighted by atomic mass is 19.1. The fourth-order valence-electron chi connectivity index (χ4n) is 1.28. The molecule has 0 unspecified atom stereocenters. The summed E-state index contributed by atoms with van der Waals surface area (Å²) in [5.74, 6) is -4.07. The maximum atomic E-state index is 13.6. The molecule has 0 saturated heterocycles. The van der Waals surface area contributed by atoms with E-state index in [1.807, 2.05) is 0 Å². The van der Waals surface area contributed by atoms with Gasteiger partial charge in [0.15, 0.2) is 0 Å². The lowest BCUT2D eigenvalue weighted by Crippen LogP contribution is -2.15. The van der Waals surface area contributed by atoms with E-state index in [2.05, 4.69) is 4.74 Å². The van der Waals surface area contributed by atoms with Crippen LogP contribution in [0.2, 0.25) is 0 Å². The molecule has 0 bridgehead atoms. The zero-order valence-corrected chi connectivity index (χ0v) is 10.0. The first-order chi connectivity index (χ1) is 8.99. The third-order valence-corrected chi connectivity index (χ3v) is 2.14. The summed E-state index contributed by atoms with van der Waals surface area (Å²) in [5.41, 5.74) is -2.07. The molecule has 8 heteroatoms. The van der Waals surface area contributed by atoms with Crippen LogP contribution in [0, 0.1) is 21.7 Å². The van der Waals surface area contributed by atoms with Crippen molar-refractivity contribution in [2.45, 2.75) is 6.92 Å². The van der Waals surface area contributed by atoms with Crippen LogP contribution in [0.5, 0.6) is 0 Å². The van der Waals surface area contributed by atoms with E-state index in [1.54, 1.807) is 6.92 Å². The Hall–Kier alpha value is -2.09. The number of hydrogen-bond acceptors (Lipinski definition) is 5. The zero-order chi connectivity index (χ0) is 14.4. The summed E-state index contributed by atoms with van der Waals surface area (Å²) in [5, 5.41) is 10.5. The van der Waals surface area contributed by atoms with Gasteiger partial charge in [0.25, 0.3) is 0 Å². The number of nitrogens with zero attached hydrogens (tertiary/aromatic N) is 1. The molecule has 0 aliphatic heterocycles. The molecule has 0 aliphatic carbocycles. The van der Waals surface area contributed by atoms with Gasteiger partial charge in [-0.05, 0) is 13.0 Å². The van der Waals surface area contributed by atoms with Crippen molar-refractivity contribution in [3.8, 4) is 0 Å². The number of benzene rings is 1. The number of carbonyl (C=O) groups is 1. The molecule has 0 spiro atoms. The van der Waals surface area contributed by atoms with Crippen LogP contribution in [-0.4, -0.2) is 30.7 Å². The largest absolute Gasteiger partial charge is 0.459 e. The van der Waals surface area contributed by atoms with Crippen LogP contribution in [0.25, 0.3) is 0 Å². The molecule has 19 heavy (non-hydrogen) atoms. The van der Waals surface area contributed by atoms with Gasteiger partial charge in [-0.2, -0.15) is 4.39 Å². The fraction of sp³-hybridized carbons (Fsp3) is 0.364. The summed E-state index contributed by atoms with van der Waals surface area (Å²) in [7, 11) is 0. The summed E-state index contributed by atoms with van der Waals surface area (Å²) in [6.07, 6.45) is 0. The Bertz CT molecular complexity index is 492. The smallest absolute Gasteiger partial charge is 0.344 e. The standard InChI is InChI=1S/C11H11F2NO5/c1-2-18-5-6-19-11(15)9-7(12)3-4-8(10(9)13)14(16)17/h3-4H,2,5-6H2,1H3. The third kappa shape index (κ3) is 3.68. The van der Waals surface area contributed by atoms with E-state index in [-0.39, 0.29) is 13.2 Å². The van der Waals surface area contributed by atoms with Crippen molar-refractivity contribution in [1.29, 1.82) is 0 Å². The fourth-order valence-corrected chi connectivity index (χ4v) is 1.28. The van der Waals surface area contributed by atoms with E-state index >= 15 is 0 Å². The van der Waals surface area contributed by atoms with Gasteiger partial charge in [-0.15, -0.1) is 0 Å². The van der Waals surface area contributed by atoms with Crippen LogP contribution in [0.3, 0.4) is 0 Å². The van der Waals surface area contributed by atoms with E-state index in [4.69, 9.17) is 4.74 Å². The Labute approximate surface area is 107 Å². The highest BCUT2D eigenvalue weighted by Gasteiger charge is 2.27. The first-order valence-electron chi connectivity index (χ1n) is 5.36. The van der Waals surface area contributed by atoms with Crippen molar-refractivity contribution < 1.29 is 28.0 Å². The summed E-state index contributed by atoms with van der Waals surface area (Å²) in [6.45, 7) is 1.99. The summed E-state index contributed by atoms with van der Waals surface area (Å²) in [4.78, 5) is 20.9. The minimum absolute atomic E-state index is 0.0698. The second-order valence-electron chi connectivity index (χ2n) is 3.35. The van der Waals surface area contributed by atoms with E-state index in [9.17, 15) is 23.7 Å². The van der Waals surface area contributed by atoms with Gasteiger partial charge in [0.05, 0.1) is 11.5 Å². The summed E-state index contributed by atoms with van der Waals surface area (Å²) >= 11 is 0. The normalized spacial score (nSPS) is 10.3. The quantitative estimate of drug-likeness (QED) is 0.343. The molecule has 1 aromatic carbocycles. The molecule has 0 aromatic heterocycles. The van der Waals surface area contributed by atoms with Crippen LogP contribution < -0.4 is 0 Å². The molecule has 1 aromatic rings. The van der Waals surface area contributed by atoms with E-state index in [0.717, 1.165) is 0 Å². The number of rotatable bonds is 6. The highest BCUT2D eigenvalue weighted by Crippen LogP contribution is 2.23. The first kappa shape index (κ1) is 15.0. The predicted octanol–water partition coefficient (Wildman–Crippen LogP) is 2.07. The molecule has 0 N–H and O–H groups in total. The lowest BCUT2D eigenvalue weighted by molar-refractivity contribution is -0.387. The van der Waals surface area contributed by atoms with Crippen LogP contribution in [0.1, 0.15) is 17.3 Å². The molecular formula is C11H11F2NO5. The number of hydrogen-bond donors (Lipinski definition) is 0. The maximum Gasteiger partial charge on any atom is 0.344 e. The molecule has 0 fully saturated rings. The second-order valence-corrected chi connectivity index (χ2v) is 3.35. The predicted molar refractivity (Wildman–Crippen MR) is 59.8 cm³/mol. The summed E-state index contributed by atoms with van der Waals surface area (Å²) < 4.78 is 36.4. The molecule has 0 aliphatic rings.